The van der Waals surface area contributed by atoms with Crippen molar-refractivity contribution in [2.75, 3.05) is 23.9 Å². The van der Waals surface area contributed by atoms with Crippen LogP contribution in [0.1, 0.15) is 17.5 Å². The van der Waals surface area contributed by atoms with E-state index in [4.69, 9.17) is 4.74 Å². The van der Waals surface area contributed by atoms with Crippen LogP contribution in [0.5, 0.6) is 5.75 Å². The van der Waals surface area contributed by atoms with Crippen LogP contribution in [0.2, 0.25) is 0 Å². The second-order valence-electron chi connectivity index (χ2n) is 7.46. The molecule has 1 atom stereocenters. The van der Waals surface area contributed by atoms with E-state index in [-0.39, 0.29) is 24.2 Å². The summed E-state index contributed by atoms with van der Waals surface area (Å²) in [5, 5.41) is 7.21. The van der Waals surface area contributed by atoms with Gasteiger partial charge < -0.3 is 15.0 Å². The predicted molar refractivity (Wildman–Crippen MR) is 115 cm³/mol. The lowest BCUT2D eigenvalue weighted by atomic mass is 10.1. The van der Waals surface area contributed by atoms with Gasteiger partial charge in [-0.05, 0) is 36.2 Å². The van der Waals surface area contributed by atoms with E-state index in [0.29, 0.717) is 18.8 Å². The van der Waals surface area contributed by atoms with Crippen LogP contribution in [0.15, 0.2) is 60.9 Å². The minimum atomic E-state index is -0.390. The number of para-hydroxylation sites is 1. The van der Waals surface area contributed by atoms with Gasteiger partial charge in [0.15, 0.2) is 0 Å². The zero-order valence-corrected chi connectivity index (χ0v) is 17.0. The Hall–Kier alpha value is -3.61. The first-order chi connectivity index (χ1) is 14.5. The molecule has 0 aliphatic carbocycles. The first-order valence-corrected chi connectivity index (χ1v) is 9.86. The van der Waals surface area contributed by atoms with Gasteiger partial charge in [0.2, 0.25) is 11.8 Å². The number of aromatic nitrogens is 2. The Morgan fingerprint density at radius 2 is 2.07 bits per heavy atom. The van der Waals surface area contributed by atoms with Gasteiger partial charge in [-0.15, -0.1) is 0 Å². The van der Waals surface area contributed by atoms with Crippen molar-refractivity contribution in [2.24, 2.45) is 5.92 Å². The third-order valence-corrected chi connectivity index (χ3v) is 5.28. The van der Waals surface area contributed by atoms with Gasteiger partial charge in [-0.2, -0.15) is 5.10 Å². The first-order valence-electron chi connectivity index (χ1n) is 9.86. The van der Waals surface area contributed by atoms with Gasteiger partial charge >= 0.3 is 0 Å². The number of nitrogens with zero attached hydrogens (tertiary/aromatic N) is 3. The Kier molecular flexibility index (Phi) is 5.52. The number of carbonyl (C=O) groups is 2. The van der Waals surface area contributed by atoms with Crippen molar-refractivity contribution in [2.45, 2.75) is 19.9 Å². The fourth-order valence-corrected chi connectivity index (χ4v) is 3.70. The van der Waals surface area contributed by atoms with E-state index in [9.17, 15) is 9.59 Å². The molecule has 1 aliphatic rings. The van der Waals surface area contributed by atoms with Gasteiger partial charge in [-0.1, -0.05) is 30.3 Å². The van der Waals surface area contributed by atoms with Crippen molar-refractivity contribution in [1.29, 1.82) is 0 Å². The number of aryl methyl sites for hydroxylation is 1. The lowest BCUT2D eigenvalue weighted by Gasteiger charge is -2.18. The van der Waals surface area contributed by atoms with Crippen LogP contribution >= 0.6 is 0 Å². The molecule has 7 heteroatoms. The average Bonchev–Trinajstić information content (AvgIpc) is 3.35. The Morgan fingerprint density at radius 1 is 1.23 bits per heavy atom. The van der Waals surface area contributed by atoms with E-state index >= 15 is 0 Å². The maximum atomic E-state index is 12.7. The third-order valence-electron chi connectivity index (χ3n) is 5.28. The molecule has 0 bridgehead atoms. The Labute approximate surface area is 175 Å². The van der Waals surface area contributed by atoms with Gasteiger partial charge in [0.25, 0.3) is 0 Å². The summed E-state index contributed by atoms with van der Waals surface area (Å²) in [5.74, 6) is 0.203. The Balaban J connectivity index is 1.39. The second-order valence-corrected chi connectivity index (χ2v) is 7.46. The summed E-state index contributed by atoms with van der Waals surface area (Å²) in [5.41, 5.74) is 3.55. The summed E-state index contributed by atoms with van der Waals surface area (Å²) >= 11 is 0. The van der Waals surface area contributed by atoms with E-state index < -0.39 is 0 Å². The van der Waals surface area contributed by atoms with Crippen LogP contribution in [0.3, 0.4) is 0 Å². The van der Waals surface area contributed by atoms with Crippen LogP contribution in [0.4, 0.5) is 11.4 Å². The largest absolute Gasteiger partial charge is 0.497 e. The van der Waals surface area contributed by atoms with E-state index in [1.165, 1.54) is 0 Å². The number of anilines is 2. The highest BCUT2D eigenvalue weighted by molar-refractivity contribution is 6.03. The van der Waals surface area contributed by atoms with Gasteiger partial charge in [0.1, 0.15) is 5.75 Å². The molecule has 154 valence electrons. The Bertz CT molecular complexity index is 1080. The summed E-state index contributed by atoms with van der Waals surface area (Å²) in [7, 11) is 1.63. The van der Waals surface area contributed by atoms with Crippen LogP contribution in [-0.2, 0) is 16.1 Å². The van der Waals surface area contributed by atoms with Crippen LogP contribution in [0, 0.1) is 12.8 Å². The monoisotopic (exact) mass is 404 g/mol. The van der Waals surface area contributed by atoms with E-state index in [1.54, 1.807) is 29.1 Å². The normalized spacial score (nSPS) is 16.0. The molecular formula is C23H24N4O3. The number of amides is 2. The smallest absolute Gasteiger partial charge is 0.229 e. The van der Waals surface area contributed by atoms with Gasteiger partial charge in [-0.3, -0.25) is 14.3 Å². The fourth-order valence-electron chi connectivity index (χ4n) is 3.70. The molecule has 2 amide bonds. The molecule has 3 aromatic rings. The summed E-state index contributed by atoms with van der Waals surface area (Å²) in [6.07, 6.45) is 3.61. The van der Waals surface area contributed by atoms with Gasteiger partial charge in [-0.25, -0.2) is 0 Å². The fraction of sp³-hybridized carbons (Fsp3) is 0.261. The van der Waals surface area contributed by atoms with Crippen molar-refractivity contribution in [3.8, 4) is 5.75 Å². The molecule has 0 spiro atoms. The number of rotatable bonds is 6. The van der Waals surface area contributed by atoms with E-state index in [1.807, 2.05) is 55.5 Å². The second kappa shape index (κ2) is 8.41. The molecule has 0 radical (unpaired) electrons. The highest BCUT2D eigenvalue weighted by atomic mass is 16.5. The predicted octanol–water partition coefficient (Wildman–Crippen LogP) is 3.24. The quantitative estimate of drug-likeness (QED) is 0.684. The van der Waals surface area contributed by atoms with E-state index in [2.05, 4.69) is 10.4 Å². The molecule has 1 saturated heterocycles. The number of carbonyl (C=O) groups excluding carboxylic acids is 2. The van der Waals surface area contributed by atoms with Crippen LogP contribution < -0.4 is 15.0 Å². The molecular weight excluding hydrogens is 380 g/mol. The number of ether oxygens (including phenoxy) is 1. The van der Waals surface area contributed by atoms with Crippen molar-refractivity contribution >= 4 is 23.2 Å². The van der Waals surface area contributed by atoms with Crippen molar-refractivity contribution in [3.05, 3.63) is 72.1 Å². The van der Waals surface area contributed by atoms with Crippen molar-refractivity contribution in [3.63, 3.8) is 0 Å². The average molecular weight is 404 g/mol. The van der Waals surface area contributed by atoms with Crippen molar-refractivity contribution < 1.29 is 14.3 Å². The maximum Gasteiger partial charge on any atom is 0.229 e. The van der Waals surface area contributed by atoms with Crippen LogP contribution in [-0.4, -0.2) is 35.2 Å². The number of nitrogens with one attached hydrogen (secondary N) is 1. The topological polar surface area (TPSA) is 76.5 Å². The first kappa shape index (κ1) is 19.7. The lowest BCUT2D eigenvalue weighted by Crippen LogP contribution is -2.28. The summed E-state index contributed by atoms with van der Waals surface area (Å²) in [6.45, 7) is 2.91. The molecule has 7 nitrogen and oxygen atoms in total. The van der Waals surface area contributed by atoms with Crippen LogP contribution in [0.25, 0.3) is 0 Å². The molecule has 1 aromatic heterocycles. The molecule has 2 aromatic carbocycles. The molecule has 30 heavy (non-hydrogen) atoms. The zero-order chi connectivity index (χ0) is 21.1. The molecule has 1 aliphatic heterocycles. The summed E-state index contributed by atoms with van der Waals surface area (Å²) in [4.78, 5) is 26.9. The highest BCUT2D eigenvalue weighted by Gasteiger charge is 2.35. The molecule has 2 heterocycles. The summed E-state index contributed by atoms with van der Waals surface area (Å²) in [6, 6.07) is 15.5. The third kappa shape index (κ3) is 4.20. The molecule has 1 N–H and O–H groups in total. The van der Waals surface area contributed by atoms with Gasteiger partial charge in [0.05, 0.1) is 31.5 Å². The minimum absolute atomic E-state index is 0.0295. The SMILES string of the molecule is COc1cccc(Cn2cc(NC(=O)[C@@H]3CC(=O)N(c4ccccc4C)C3)cn2)c1. The zero-order valence-electron chi connectivity index (χ0n) is 17.0. The number of benzene rings is 2. The highest BCUT2D eigenvalue weighted by Crippen LogP contribution is 2.28. The molecule has 0 unspecified atom stereocenters. The number of methoxy groups -OCH3 is 1. The maximum absolute atomic E-state index is 12.7. The van der Waals surface area contributed by atoms with Gasteiger partial charge in [0, 0.05) is 24.8 Å². The lowest BCUT2D eigenvalue weighted by molar-refractivity contribution is -0.122. The molecule has 1 fully saturated rings. The number of hydrogen-bond donors (Lipinski definition) is 1. The van der Waals surface area contributed by atoms with E-state index in [0.717, 1.165) is 22.6 Å². The minimum Gasteiger partial charge on any atom is -0.497 e. The molecule has 0 saturated carbocycles. The van der Waals surface area contributed by atoms with Crippen molar-refractivity contribution in [1.82, 2.24) is 9.78 Å². The standard InChI is InChI=1S/C23H24N4O3/c1-16-6-3-4-9-21(16)27-14-18(11-22(27)28)23(29)25-19-12-24-26(15-19)13-17-7-5-8-20(10-17)30-2/h3-10,12,15,18H,11,13-14H2,1-2H3,(H,25,29)/t18-/m1/s1. The molecule has 4 rings (SSSR count). The summed E-state index contributed by atoms with van der Waals surface area (Å²) < 4.78 is 7.00. The number of hydrogen-bond acceptors (Lipinski definition) is 4. The Morgan fingerprint density at radius 3 is 2.87 bits per heavy atom.